The van der Waals surface area contributed by atoms with Gasteiger partial charge in [0.15, 0.2) is 6.17 Å². The molecule has 0 saturated heterocycles. The second kappa shape index (κ2) is 5.95. The third-order valence-electron chi connectivity index (χ3n) is 3.28. The highest BCUT2D eigenvalue weighted by Gasteiger charge is 2.34. The lowest BCUT2D eigenvalue weighted by molar-refractivity contribution is -0.0180. The number of rotatable bonds is 4. The molecule has 2 aromatic carbocycles. The molecule has 1 amide bonds. The van der Waals surface area contributed by atoms with E-state index in [1.807, 2.05) is 42.5 Å². The lowest BCUT2D eigenvalue weighted by atomic mass is 9.94. The van der Waals surface area contributed by atoms with Crippen LogP contribution in [0.15, 0.2) is 54.6 Å². The molecular weight excluding hydrogens is 269 g/mol. The summed E-state index contributed by atoms with van der Waals surface area (Å²) >= 11 is 0. The van der Waals surface area contributed by atoms with Crippen molar-refractivity contribution in [1.82, 2.24) is 0 Å². The van der Waals surface area contributed by atoms with E-state index < -0.39 is 17.9 Å². The topological polar surface area (TPSA) is 52.3 Å². The van der Waals surface area contributed by atoms with E-state index in [9.17, 15) is 9.18 Å². The summed E-state index contributed by atoms with van der Waals surface area (Å²) in [6, 6.07) is 16.9. The van der Waals surface area contributed by atoms with E-state index in [1.54, 1.807) is 12.1 Å². The largest absolute Gasteiger partial charge is 0.440 e. The molecule has 21 heavy (non-hydrogen) atoms. The van der Waals surface area contributed by atoms with Gasteiger partial charge in [-0.25, -0.2) is 9.18 Å². The summed E-state index contributed by atoms with van der Waals surface area (Å²) < 4.78 is 19.3. The Balaban J connectivity index is 2.21. The summed E-state index contributed by atoms with van der Waals surface area (Å²) in [7, 11) is 0. The van der Waals surface area contributed by atoms with E-state index in [2.05, 4.69) is 0 Å². The van der Waals surface area contributed by atoms with Crippen LogP contribution in [0.3, 0.4) is 0 Å². The van der Waals surface area contributed by atoms with Crippen LogP contribution in [0.2, 0.25) is 0 Å². The maximum absolute atomic E-state index is 14.5. The molecule has 3 nitrogen and oxygen atoms in total. The van der Waals surface area contributed by atoms with Crippen molar-refractivity contribution < 1.29 is 13.9 Å². The summed E-state index contributed by atoms with van der Waals surface area (Å²) in [5.41, 5.74) is 6.17. The number of hydrogen-bond acceptors (Lipinski definition) is 2. The Hall–Kier alpha value is -2.36. The van der Waals surface area contributed by atoms with Crippen LogP contribution in [0.1, 0.15) is 25.6 Å². The van der Waals surface area contributed by atoms with E-state index >= 15 is 0 Å². The number of benzene rings is 2. The average Bonchev–Trinajstić information content (AvgIpc) is 2.46. The summed E-state index contributed by atoms with van der Waals surface area (Å²) in [5, 5.41) is 0. The SMILES string of the molecule is CC(C)(OC(N)=O)C(F)c1ccc(-c2ccccc2)cc1. The van der Waals surface area contributed by atoms with Crippen LogP contribution < -0.4 is 5.73 Å². The standard InChI is InChI=1S/C17H18FNO2/c1-17(2,21-16(19)20)15(18)14-10-8-13(9-11-14)12-6-4-3-5-7-12/h3-11,15H,1-2H3,(H2,19,20). The number of nitrogens with two attached hydrogens (primary N) is 1. The number of amides is 1. The fourth-order valence-electron chi connectivity index (χ4n) is 2.19. The molecule has 0 aliphatic carbocycles. The van der Waals surface area contributed by atoms with Gasteiger partial charge in [0.25, 0.3) is 0 Å². The van der Waals surface area contributed by atoms with Gasteiger partial charge in [-0.05, 0) is 30.5 Å². The molecule has 0 aliphatic heterocycles. The molecule has 0 aliphatic rings. The van der Waals surface area contributed by atoms with Gasteiger partial charge in [-0.3, -0.25) is 0 Å². The molecule has 2 N–H and O–H groups in total. The van der Waals surface area contributed by atoms with E-state index in [0.717, 1.165) is 11.1 Å². The van der Waals surface area contributed by atoms with E-state index in [1.165, 1.54) is 13.8 Å². The minimum atomic E-state index is -1.45. The first kappa shape index (κ1) is 15.0. The van der Waals surface area contributed by atoms with Crippen LogP contribution in [0, 0.1) is 0 Å². The van der Waals surface area contributed by atoms with Crippen LogP contribution in [-0.4, -0.2) is 11.7 Å². The van der Waals surface area contributed by atoms with Crippen molar-refractivity contribution in [2.24, 2.45) is 5.73 Å². The lowest BCUT2D eigenvalue weighted by Gasteiger charge is -2.28. The molecule has 0 spiro atoms. The lowest BCUT2D eigenvalue weighted by Crippen LogP contribution is -2.35. The molecule has 2 aromatic rings. The van der Waals surface area contributed by atoms with Crippen molar-refractivity contribution in [3.8, 4) is 11.1 Å². The van der Waals surface area contributed by atoms with Crippen LogP contribution in [0.4, 0.5) is 9.18 Å². The Bertz CT molecular complexity index is 608. The number of ether oxygens (including phenoxy) is 1. The summed E-state index contributed by atoms with van der Waals surface area (Å²) in [4.78, 5) is 10.8. The quantitative estimate of drug-likeness (QED) is 0.914. The van der Waals surface area contributed by atoms with E-state index in [0.29, 0.717) is 5.56 Å². The minimum Gasteiger partial charge on any atom is -0.440 e. The fraction of sp³-hybridized carbons (Fsp3) is 0.235. The van der Waals surface area contributed by atoms with Gasteiger partial charge in [0, 0.05) is 0 Å². The molecule has 0 bridgehead atoms. The zero-order valence-electron chi connectivity index (χ0n) is 12.0. The Labute approximate surface area is 123 Å². The molecule has 2 rings (SSSR count). The van der Waals surface area contributed by atoms with Gasteiger partial charge < -0.3 is 10.5 Å². The van der Waals surface area contributed by atoms with Gasteiger partial charge in [0.2, 0.25) is 0 Å². The number of carbonyl (C=O) groups excluding carboxylic acids is 1. The van der Waals surface area contributed by atoms with Gasteiger partial charge in [-0.15, -0.1) is 0 Å². The van der Waals surface area contributed by atoms with Crippen LogP contribution >= 0.6 is 0 Å². The predicted molar refractivity (Wildman–Crippen MR) is 80.5 cm³/mol. The Kier molecular flexibility index (Phi) is 4.26. The number of primary amides is 1. The van der Waals surface area contributed by atoms with Crippen LogP contribution in [0.5, 0.6) is 0 Å². The zero-order chi connectivity index (χ0) is 15.5. The van der Waals surface area contributed by atoms with Gasteiger partial charge >= 0.3 is 6.09 Å². The number of hydrogen-bond donors (Lipinski definition) is 1. The molecule has 0 fully saturated rings. The molecule has 0 saturated carbocycles. The maximum Gasteiger partial charge on any atom is 0.405 e. The van der Waals surface area contributed by atoms with Crippen molar-refractivity contribution in [1.29, 1.82) is 0 Å². The molecule has 110 valence electrons. The second-order valence-electron chi connectivity index (χ2n) is 5.38. The minimum absolute atomic E-state index is 0.445. The van der Waals surface area contributed by atoms with Gasteiger partial charge in [-0.2, -0.15) is 0 Å². The van der Waals surface area contributed by atoms with Crippen molar-refractivity contribution >= 4 is 6.09 Å². The van der Waals surface area contributed by atoms with Crippen molar-refractivity contribution in [3.05, 3.63) is 60.2 Å². The van der Waals surface area contributed by atoms with E-state index in [4.69, 9.17) is 10.5 Å². The first-order chi connectivity index (χ1) is 9.90. The molecule has 1 unspecified atom stereocenters. The smallest absolute Gasteiger partial charge is 0.405 e. The third-order valence-corrected chi connectivity index (χ3v) is 3.28. The zero-order valence-corrected chi connectivity index (χ0v) is 12.0. The van der Waals surface area contributed by atoms with Crippen molar-refractivity contribution in [2.75, 3.05) is 0 Å². The monoisotopic (exact) mass is 287 g/mol. The van der Waals surface area contributed by atoms with Crippen LogP contribution in [-0.2, 0) is 4.74 Å². The molecule has 0 radical (unpaired) electrons. The van der Waals surface area contributed by atoms with E-state index in [-0.39, 0.29) is 0 Å². The molecule has 1 atom stereocenters. The highest BCUT2D eigenvalue weighted by molar-refractivity contribution is 5.65. The Morgan fingerprint density at radius 2 is 1.57 bits per heavy atom. The Morgan fingerprint density at radius 1 is 1.05 bits per heavy atom. The number of carbonyl (C=O) groups is 1. The molecular formula is C17H18FNO2. The number of alkyl halides is 1. The normalized spacial score (nSPS) is 12.7. The second-order valence-corrected chi connectivity index (χ2v) is 5.38. The molecule has 4 heteroatoms. The van der Waals surface area contributed by atoms with Crippen LogP contribution in [0.25, 0.3) is 11.1 Å². The summed E-state index contributed by atoms with van der Waals surface area (Å²) in [6.45, 7) is 2.99. The summed E-state index contributed by atoms with van der Waals surface area (Å²) in [6.07, 6.45) is -2.43. The number of halogens is 1. The Morgan fingerprint density at radius 3 is 2.10 bits per heavy atom. The highest BCUT2D eigenvalue weighted by Crippen LogP contribution is 2.33. The van der Waals surface area contributed by atoms with Gasteiger partial charge in [-0.1, -0.05) is 54.6 Å². The first-order valence-corrected chi connectivity index (χ1v) is 6.68. The maximum atomic E-state index is 14.5. The van der Waals surface area contributed by atoms with Crippen molar-refractivity contribution in [2.45, 2.75) is 25.6 Å². The van der Waals surface area contributed by atoms with Gasteiger partial charge in [0.1, 0.15) is 5.60 Å². The molecule has 0 aromatic heterocycles. The highest BCUT2D eigenvalue weighted by atomic mass is 19.1. The first-order valence-electron chi connectivity index (χ1n) is 6.68. The average molecular weight is 287 g/mol. The molecule has 0 heterocycles. The third kappa shape index (κ3) is 3.60. The fourth-order valence-corrected chi connectivity index (χ4v) is 2.19. The van der Waals surface area contributed by atoms with Crippen molar-refractivity contribution in [3.63, 3.8) is 0 Å². The summed E-state index contributed by atoms with van der Waals surface area (Å²) in [5.74, 6) is 0. The van der Waals surface area contributed by atoms with Gasteiger partial charge in [0.05, 0.1) is 0 Å². The predicted octanol–water partition coefficient (Wildman–Crippen LogP) is 4.24.